The predicted molar refractivity (Wildman–Crippen MR) is 37.8 cm³/mol. The summed E-state index contributed by atoms with van der Waals surface area (Å²) in [5, 5.41) is 2.16. The minimum atomic E-state index is -0.463. The van der Waals surface area contributed by atoms with Gasteiger partial charge in [-0.15, -0.1) is 11.3 Å². The monoisotopic (exact) mass is 161 g/mol. The molecule has 0 spiro atoms. The SMILES string of the molecule is NC(=O)c1sccc1Cl. The van der Waals surface area contributed by atoms with Crippen LogP contribution in [-0.2, 0) is 0 Å². The highest BCUT2D eigenvalue weighted by molar-refractivity contribution is 7.12. The van der Waals surface area contributed by atoms with Gasteiger partial charge >= 0.3 is 0 Å². The van der Waals surface area contributed by atoms with Crippen molar-refractivity contribution in [3.05, 3.63) is 21.3 Å². The van der Waals surface area contributed by atoms with E-state index in [-0.39, 0.29) is 0 Å². The lowest BCUT2D eigenvalue weighted by Gasteiger charge is -1.85. The normalized spacial score (nSPS) is 9.44. The number of carbonyl (C=O) groups is 1. The highest BCUT2D eigenvalue weighted by atomic mass is 35.5. The van der Waals surface area contributed by atoms with E-state index < -0.39 is 5.91 Å². The summed E-state index contributed by atoms with van der Waals surface area (Å²) in [5.74, 6) is -0.463. The number of halogens is 1. The average molecular weight is 162 g/mol. The van der Waals surface area contributed by atoms with Gasteiger partial charge in [-0.3, -0.25) is 4.79 Å². The molecule has 48 valence electrons. The standard InChI is InChI=1S/C5H4ClNOS/c6-3-1-2-9-4(3)5(7)8/h1-2H,(H2,7,8). The first-order valence-electron chi connectivity index (χ1n) is 2.24. The second-order valence-corrected chi connectivity index (χ2v) is 2.79. The largest absolute Gasteiger partial charge is 0.365 e. The molecule has 1 rings (SSSR count). The third-order valence-corrected chi connectivity index (χ3v) is 2.20. The summed E-state index contributed by atoms with van der Waals surface area (Å²) in [4.78, 5) is 10.9. The van der Waals surface area contributed by atoms with Crippen molar-refractivity contribution in [1.29, 1.82) is 0 Å². The van der Waals surface area contributed by atoms with Crippen LogP contribution in [0.5, 0.6) is 0 Å². The fourth-order valence-electron chi connectivity index (χ4n) is 0.470. The smallest absolute Gasteiger partial charge is 0.260 e. The summed E-state index contributed by atoms with van der Waals surface area (Å²) in [6.45, 7) is 0. The third kappa shape index (κ3) is 1.23. The van der Waals surface area contributed by atoms with Crippen LogP contribution >= 0.6 is 22.9 Å². The van der Waals surface area contributed by atoms with E-state index in [2.05, 4.69) is 0 Å². The van der Waals surface area contributed by atoms with E-state index in [9.17, 15) is 4.79 Å². The maximum absolute atomic E-state index is 10.4. The summed E-state index contributed by atoms with van der Waals surface area (Å²) in [6.07, 6.45) is 0. The number of hydrogen-bond acceptors (Lipinski definition) is 2. The van der Waals surface area contributed by atoms with Gasteiger partial charge in [0.1, 0.15) is 4.88 Å². The van der Waals surface area contributed by atoms with Crippen molar-refractivity contribution in [2.24, 2.45) is 5.73 Å². The van der Waals surface area contributed by atoms with E-state index in [1.165, 1.54) is 11.3 Å². The first-order chi connectivity index (χ1) is 4.22. The van der Waals surface area contributed by atoms with E-state index in [1.807, 2.05) is 0 Å². The molecule has 0 saturated carbocycles. The number of nitrogens with two attached hydrogens (primary N) is 1. The second-order valence-electron chi connectivity index (χ2n) is 1.46. The minimum absolute atomic E-state index is 0.427. The maximum Gasteiger partial charge on any atom is 0.260 e. The highest BCUT2D eigenvalue weighted by Crippen LogP contribution is 2.20. The molecular formula is C5H4ClNOS. The Labute approximate surface area is 61.2 Å². The Hall–Kier alpha value is -0.540. The van der Waals surface area contributed by atoms with Crippen LogP contribution in [0.2, 0.25) is 5.02 Å². The topological polar surface area (TPSA) is 43.1 Å². The van der Waals surface area contributed by atoms with Gasteiger partial charge < -0.3 is 5.73 Å². The molecule has 0 aliphatic rings. The lowest BCUT2D eigenvalue weighted by atomic mass is 10.4. The molecule has 2 nitrogen and oxygen atoms in total. The van der Waals surface area contributed by atoms with Crippen LogP contribution in [0, 0.1) is 0 Å². The molecule has 2 N–H and O–H groups in total. The number of amides is 1. The van der Waals surface area contributed by atoms with E-state index in [0.29, 0.717) is 9.90 Å². The Morgan fingerprint density at radius 3 is 2.67 bits per heavy atom. The molecule has 1 heterocycles. The van der Waals surface area contributed by atoms with Crippen LogP contribution in [0.3, 0.4) is 0 Å². The van der Waals surface area contributed by atoms with Crippen LogP contribution in [0.4, 0.5) is 0 Å². The Morgan fingerprint density at radius 1 is 1.78 bits per heavy atom. The van der Waals surface area contributed by atoms with Crippen LogP contribution in [-0.4, -0.2) is 5.91 Å². The van der Waals surface area contributed by atoms with Crippen molar-refractivity contribution in [3.63, 3.8) is 0 Å². The van der Waals surface area contributed by atoms with Gasteiger partial charge in [-0.25, -0.2) is 0 Å². The van der Waals surface area contributed by atoms with Gasteiger partial charge in [0.15, 0.2) is 0 Å². The number of carbonyl (C=O) groups excluding carboxylic acids is 1. The van der Waals surface area contributed by atoms with Crippen molar-refractivity contribution in [1.82, 2.24) is 0 Å². The zero-order valence-electron chi connectivity index (χ0n) is 4.43. The van der Waals surface area contributed by atoms with E-state index in [0.717, 1.165) is 0 Å². The fourth-order valence-corrected chi connectivity index (χ4v) is 1.47. The minimum Gasteiger partial charge on any atom is -0.365 e. The van der Waals surface area contributed by atoms with E-state index in [4.69, 9.17) is 17.3 Å². The maximum atomic E-state index is 10.4. The fraction of sp³-hybridized carbons (Fsp3) is 0. The van der Waals surface area contributed by atoms with Gasteiger partial charge in [-0.1, -0.05) is 11.6 Å². The lowest BCUT2D eigenvalue weighted by Crippen LogP contribution is -2.08. The van der Waals surface area contributed by atoms with Crippen LogP contribution in [0.1, 0.15) is 9.67 Å². The first-order valence-corrected chi connectivity index (χ1v) is 3.50. The summed E-state index contributed by atoms with van der Waals surface area (Å²) < 4.78 is 0. The molecule has 0 bridgehead atoms. The van der Waals surface area contributed by atoms with Crippen LogP contribution < -0.4 is 5.73 Å². The zero-order valence-corrected chi connectivity index (χ0v) is 6.00. The number of hydrogen-bond donors (Lipinski definition) is 1. The number of primary amides is 1. The molecule has 4 heteroatoms. The average Bonchev–Trinajstić information content (AvgIpc) is 2.13. The van der Waals surface area contributed by atoms with Crippen molar-refractivity contribution in [2.45, 2.75) is 0 Å². The van der Waals surface area contributed by atoms with Gasteiger partial charge in [-0.05, 0) is 11.4 Å². The summed E-state index contributed by atoms with van der Waals surface area (Å²) in [6, 6.07) is 1.65. The van der Waals surface area contributed by atoms with Crippen molar-refractivity contribution in [3.8, 4) is 0 Å². The number of rotatable bonds is 1. The number of thiophene rings is 1. The van der Waals surface area contributed by atoms with Gasteiger partial charge in [0.05, 0.1) is 5.02 Å². The van der Waals surface area contributed by atoms with Crippen molar-refractivity contribution in [2.75, 3.05) is 0 Å². The molecule has 0 aromatic carbocycles. The molecule has 0 saturated heterocycles. The molecule has 0 aliphatic heterocycles. The van der Waals surface area contributed by atoms with Gasteiger partial charge in [0.25, 0.3) is 5.91 Å². The second kappa shape index (κ2) is 2.37. The lowest BCUT2D eigenvalue weighted by molar-refractivity contribution is 0.100. The molecule has 0 aliphatic carbocycles. The van der Waals surface area contributed by atoms with Gasteiger partial charge in [-0.2, -0.15) is 0 Å². The summed E-state index contributed by atoms with van der Waals surface area (Å²) >= 11 is 6.80. The van der Waals surface area contributed by atoms with Gasteiger partial charge in [0, 0.05) is 0 Å². The van der Waals surface area contributed by atoms with Crippen LogP contribution in [0.25, 0.3) is 0 Å². The van der Waals surface area contributed by atoms with Crippen molar-refractivity contribution < 1.29 is 4.79 Å². The Bertz CT molecular complexity index is 233. The predicted octanol–water partition coefficient (Wildman–Crippen LogP) is 1.50. The Kier molecular flexibility index (Phi) is 1.73. The molecule has 0 atom stereocenters. The molecule has 9 heavy (non-hydrogen) atoms. The molecule has 0 radical (unpaired) electrons. The molecule has 1 aromatic rings. The van der Waals surface area contributed by atoms with Gasteiger partial charge in [0.2, 0.25) is 0 Å². The molecule has 1 aromatic heterocycles. The first kappa shape index (κ1) is 6.58. The molecule has 0 unspecified atom stereocenters. The summed E-state index contributed by atoms with van der Waals surface area (Å²) in [5.41, 5.74) is 4.95. The van der Waals surface area contributed by atoms with E-state index in [1.54, 1.807) is 11.4 Å². The quantitative estimate of drug-likeness (QED) is 0.667. The van der Waals surface area contributed by atoms with Crippen molar-refractivity contribution >= 4 is 28.8 Å². The third-order valence-electron chi connectivity index (χ3n) is 0.841. The van der Waals surface area contributed by atoms with E-state index >= 15 is 0 Å². The Morgan fingerprint density at radius 2 is 2.44 bits per heavy atom. The van der Waals surface area contributed by atoms with Crippen LogP contribution in [0.15, 0.2) is 11.4 Å². The summed E-state index contributed by atoms with van der Waals surface area (Å²) in [7, 11) is 0. The molecular weight excluding hydrogens is 158 g/mol. The Balaban J connectivity index is 3.08. The molecule has 0 fully saturated rings. The highest BCUT2D eigenvalue weighted by Gasteiger charge is 2.05. The molecule has 1 amide bonds. The zero-order chi connectivity index (χ0) is 6.85.